The first kappa shape index (κ1) is 13.7. The SMILES string of the molecule is O[C@H](CN1CCO[C@@H](c2nccs2)C1)c1ccccc1. The smallest absolute Gasteiger partial charge is 0.123 e. The number of benzene rings is 1. The van der Waals surface area contributed by atoms with E-state index >= 15 is 0 Å². The number of morpholine rings is 1. The number of thiazole rings is 1. The average molecular weight is 290 g/mol. The summed E-state index contributed by atoms with van der Waals surface area (Å²) in [6.45, 7) is 2.96. The molecule has 0 amide bonds. The molecule has 5 heteroatoms. The maximum absolute atomic E-state index is 10.3. The van der Waals surface area contributed by atoms with Gasteiger partial charge in [-0.3, -0.25) is 4.90 Å². The van der Waals surface area contributed by atoms with E-state index < -0.39 is 6.10 Å². The van der Waals surface area contributed by atoms with E-state index in [1.807, 2.05) is 35.7 Å². The molecule has 0 bridgehead atoms. The van der Waals surface area contributed by atoms with Crippen LogP contribution in [-0.4, -0.2) is 41.2 Å². The van der Waals surface area contributed by atoms with Gasteiger partial charge in [0, 0.05) is 31.2 Å². The molecule has 0 aliphatic carbocycles. The number of hydrogen-bond donors (Lipinski definition) is 1. The van der Waals surface area contributed by atoms with Crippen molar-refractivity contribution in [1.29, 1.82) is 0 Å². The molecule has 0 unspecified atom stereocenters. The summed E-state index contributed by atoms with van der Waals surface area (Å²) >= 11 is 1.62. The fraction of sp³-hybridized carbons (Fsp3) is 0.400. The predicted molar refractivity (Wildman–Crippen MR) is 78.6 cm³/mol. The lowest BCUT2D eigenvalue weighted by atomic mass is 10.1. The van der Waals surface area contributed by atoms with Gasteiger partial charge in [-0.15, -0.1) is 11.3 Å². The molecule has 2 atom stereocenters. The fourth-order valence-electron chi connectivity index (χ4n) is 2.44. The third kappa shape index (κ3) is 3.24. The molecule has 106 valence electrons. The lowest BCUT2D eigenvalue weighted by molar-refractivity contribution is -0.0424. The molecule has 1 fully saturated rings. The second-order valence-corrected chi connectivity index (χ2v) is 5.84. The first-order valence-corrected chi connectivity index (χ1v) is 7.67. The zero-order chi connectivity index (χ0) is 13.8. The molecule has 2 aromatic rings. The van der Waals surface area contributed by atoms with Crippen LogP contribution in [0.5, 0.6) is 0 Å². The summed E-state index contributed by atoms with van der Waals surface area (Å²) in [6.07, 6.45) is 1.39. The molecule has 0 radical (unpaired) electrons. The number of ether oxygens (including phenoxy) is 1. The Morgan fingerprint density at radius 1 is 1.40 bits per heavy atom. The molecule has 2 heterocycles. The number of aliphatic hydroxyl groups excluding tert-OH is 1. The highest BCUT2D eigenvalue weighted by molar-refractivity contribution is 7.09. The van der Waals surface area contributed by atoms with Crippen molar-refractivity contribution in [1.82, 2.24) is 9.88 Å². The molecule has 1 aromatic heterocycles. The van der Waals surface area contributed by atoms with Crippen LogP contribution in [0.2, 0.25) is 0 Å². The lowest BCUT2D eigenvalue weighted by Gasteiger charge is -2.33. The minimum atomic E-state index is -0.453. The Hall–Kier alpha value is -1.27. The number of aromatic nitrogens is 1. The van der Waals surface area contributed by atoms with Crippen LogP contribution in [0.15, 0.2) is 41.9 Å². The second-order valence-electron chi connectivity index (χ2n) is 4.92. The maximum Gasteiger partial charge on any atom is 0.123 e. The predicted octanol–water partition coefficient (Wildman–Crippen LogP) is 2.25. The molecule has 1 saturated heterocycles. The summed E-state index contributed by atoms with van der Waals surface area (Å²) in [7, 11) is 0. The molecule has 1 aliphatic rings. The van der Waals surface area contributed by atoms with E-state index in [0.29, 0.717) is 13.2 Å². The van der Waals surface area contributed by atoms with E-state index in [0.717, 1.165) is 23.7 Å². The van der Waals surface area contributed by atoms with Crippen molar-refractivity contribution in [3.8, 4) is 0 Å². The standard InChI is InChI=1S/C15H18N2O2S/c18-13(12-4-2-1-3-5-12)10-17-7-8-19-14(11-17)15-16-6-9-20-15/h1-6,9,13-14,18H,7-8,10-11H2/t13-,14-/m1/s1. The highest BCUT2D eigenvalue weighted by Crippen LogP contribution is 2.25. The molecule has 1 aromatic carbocycles. The number of nitrogens with zero attached hydrogens (tertiary/aromatic N) is 2. The second kappa shape index (κ2) is 6.45. The molecule has 0 saturated carbocycles. The minimum absolute atomic E-state index is 0.0340. The molecular weight excluding hydrogens is 272 g/mol. The Morgan fingerprint density at radius 3 is 3.00 bits per heavy atom. The largest absolute Gasteiger partial charge is 0.387 e. The Bertz CT molecular complexity index is 518. The molecule has 1 N–H and O–H groups in total. The fourth-order valence-corrected chi connectivity index (χ4v) is 3.11. The van der Waals surface area contributed by atoms with Gasteiger partial charge in [0.05, 0.1) is 12.7 Å². The normalized spacial score (nSPS) is 21.8. The van der Waals surface area contributed by atoms with Crippen molar-refractivity contribution in [2.75, 3.05) is 26.2 Å². The zero-order valence-corrected chi connectivity index (χ0v) is 12.0. The van der Waals surface area contributed by atoms with Gasteiger partial charge in [-0.05, 0) is 5.56 Å². The van der Waals surface area contributed by atoms with Crippen LogP contribution in [-0.2, 0) is 4.74 Å². The van der Waals surface area contributed by atoms with E-state index in [-0.39, 0.29) is 6.10 Å². The summed E-state index contributed by atoms with van der Waals surface area (Å²) < 4.78 is 5.76. The van der Waals surface area contributed by atoms with E-state index in [2.05, 4.69) is 9.88 Å². The first-order chi connectivity index (χ1) is 9.83. The van der Waals surface area contributed by atoms with Crippen LogP contribution in [0, 0.1) is 0 Å². The van der Waals surface area contributed by atoms with Crippen LogP contribution in [0.4, 0.5) is 0 Å². The monoisotopic (exact) mass is 290 g/mol. The Labute approximate surface area is 122 Å². The van der Waals surface area contributed by atoms with Gasteiger partial charge in [-0.1, -0.05) is 30.3 Å². The van der Waals surface area contributed by atoms with Gasteiger partial charge in [-0.25, -0.2) is 4.98 Å². The minimum Gasteiger partial charge on any atom is -0.387 e. The maximum atomic E-state index is 10.3. The molecule has 3 rings (SSSR count). The quantitative estimate of drug-likeness (QED) is 0.938. The average Bonchev–Trinajstić information content (AvgIpc) is 3.03. The van der Waals surface area contributed by atoms with Crippen LogP contribution in [0.3, 0.4) is 0 Å². The van der Waals surface area contributed by atoms with Gasteiger partial charge in [0.25, 0.3) is 0 Å². The van der Waals surface area contributed by atoms with Gasteiger partial charge in [0.2, 0.25) is 0 Å². The van der Waals surface area contributed by atoms with Crippen molar-refractivity contribution in [3.05, 3.63) is 52.5 Å². The summed E-state index contributed by atoms with van der Waals surface area (Å²) in [5.41, 5.74) is 0.963. The Balaban J connectivity index is 1.60. The van der Waals surface area contributed by atoms with Crippen LogP contribution >= 0.6 is 11.3 Å². The van der Waals surface area contributed by atoms with E-state index in [1.165, 1.54) is 0 Å². The third-order valence-corrected chi connectivity index (χ3v) is 4.36. The van der Waals surface area contributed by atoms with Crippen LogP contribution in [0.1, 0.15) is 22.8 Å². The van der Waals surface area contributed by atoms with Gasteiger partial charge in [0.1, 0.15) is 11.1 Å². The number of aliphatic hydroxyl groups is 1. The van der Waals surface area contributed by atoms with Gasteiger partial charge in [0.15, 0.2) is 0 Å². The summed E-state index contributed by atoms with van der Waals surface area (Å²) in [5, 5.41) is 13.3. The van der Waals surface area contributed by atoms with E-state index in [9.17, 15) is 5.11 Å². The molecule has 0 spiro atoms. The van der Waals surface area contributed by atoms with E-state index in [1.54, 1.807) is 17.5 Å². The first-order valence-electron chi connectivity index (χ1n) is 6.79. The molecule has 20 heavy (non-hydrogen) atoms. The van der Waals surface area contributed by atoms with Gasteiger partial charge >= 0.3 is 0 Å². The van der Waals surface area contributed by atoms with Crippen LogP contribution in [0.25, 0.3) is 0 Å². The van der Waals surface area contributed by atoms with Crippen molar-refractivity contribution in [2.24, 2.45) is 0 Å². The Kier molecular flexibility index (Phi) is 4.42. The highest BCUT2D eigenvalue weighted by atomic mass is 32.1. The van der Waals surface area contributed by atoms with Crippen molar-refractivity contribution >= 4 is 11.3 Å². The van der Waals surface area contributed by atoms with E-state index in [4.69, 9.17) is 4.74 Å². The van der Waals surface area contributed by atoms with Gasteiger partial charge in [-0.2, -0.15) is 0 Å². The molecule has 4 nitrogen and oxygen atoms in total. The van der Waals surface area contributed by atoms with Crippen molar-refractivity contribution < 1.29 is 9.84 Å². The number of β-amino-alcohol motifs (C(OH)–C–C–N with tert-alkyl or cyclic N) is 1. The summed E-state index contributed by atoms with van der Waals surface area (Å²) in [5.74, 6) is 0. The summed E-state index contributed by atoms with van der Waals surface area (Å²) in [4.78, 5) is 6.56. The van der Waals surface area contributed by atoms with Crippen LogP contribution < -0.4 is 0 Å². The number of hydrogen-bond acceptors (Lipinski definition) is 5. The third-order valence-electron chi connectivity index (χ3n) is 3.49. The van der Waals surface area contributed by atoms with Crippen molar-refractivity contribution in [3.63, 3.8) is 0 Å². The molecular formula is C15H18N2O2S. The Morgan fingerprint density at radius 2 is 2.25 bits per heavy atom. The lowest BCUT2D eigenvalue weighted by Crippen LogP contribution is -2.40. The highest BCUT2D eigenvalue weighted by Gasteiger charge is 2.25. The van der Waals surface area contributed by atoms with Gasteiger partial charge < -0.3 is 9.84 Å². The number of rotatable bonds is 4. The zero-order valence-electron chi connectivity index (χ0n) is 11.2. The topological polar surface area (TPSA) is 45.6 Å². The van der Waals surface area contributed by atoms with Crippen molar-refractivity contribution in [2.45, 2.75) is 12.2 Å². The summed E-state index contributed by atoms with van der Waals surface area (Å²) in [6, 6.07) is 9.79. The molecule has 1 aliphatic heterocycles.